The fourth-order valence-corrected chi connectivity index (χ4v) is 13.9. The summed E-state index contributed by atoms with van der Waals surface area (Å²) < 4.78 is 68.6. The minimum atomic E-state index is -4.96. The van der Waals surface area contributed by atoms with E-state index in [2.05, 4.69) is 55.4 Å². The van der Waals surface area contributed by atoms with Crippen molar-refractivity contribution in [3.63, 3.8) is 0 Å². The van der Waals surface area contributed by atoms with E-state index in [0.29, 0.717) is 31.6 Å². The summed E-state index contributed by atoms with van der Waals surface area (Å²) in [5.41, 5.74) is 0. The summed E-state index contributed by atoms with van der Waals surface area (Å²) in [6.45, 7) is 14.2. The molecule has 0 aromatic rings. The van der Waals surface area contributed by atoms with Crippen molar-refractivity contribution in [1.82, 2.24) is 0 Å². The zero-order valence-corrected chi connectivity index (χ0v) is 67.6. The van der Waals surface area contributed by atoms with Crippen LogP contribution in [0.3, 0.4) is 0 Å². The van der Waals surface area contributed by atoms with Crippen LogP contribution in [0, 0.1) is 23.7 Å². The molecule has 0 aliphatic carbocycles. The molecule has 0 saturated carbocycles. The molecule has 3 N–H and O–H groups in total. The van der Waals surface area contributed by atoms with E-state index in [1.165, 1.54) is 212 Å². The number of esters is 4. The maximum absolute atomic E-state index is 13.1. The van der Waals surface area contributed by atoms with Gasteiger partial charge in [-0.05, 0) is 49.4 Å². The molecule has 0 heterocycles. The molecule has 7 atom stereocenters. The van der Waals surface area contributed by atoms with Crippen LogP contribution in [0.2, 0.25) is 0 Å². The quantitative estimate of drug-likeness (QED) is 0.0222. The van der Waals surface area contributed by atoms with Gasteiger partial charge in [-0.1, -0.05) is 364 Å². The third-order valence-corrected chi connectivity index (χ3v) is 21.4. The molecule has 0 bridgehead atoms. The van der Waals surface area contributed by atoms with Crippen LogP contribution in [-0.4, -0.2) is 96.7 Å². The lowest BCUT2D eigenvalue weighted by Crippen LogP contribution is -2.30. The average molecular weight is 1470 g/mol. The molecule has 0 fully saturated rings. The van der Waals surface area contributed by atoms with Crippen molar-refractivity contribution in [2.24, 2.45) is 23.7 Å². The summed E-state index contributed by atoms with van der Waals surface area (Å²) in [4.78, 5) is 72.9. The zero-order chi connectivity index (χ0) is 73.8. The van der Waals surface area contributed by atoms with Crippen molar-refractivity contribution in [3.8, 4) is 0 Å². The van der Waals surface area contributed by atoms with Crippen LogP contribution in [0.4, 0.5) is 0 Å². The summed E-state index contributed by atoms with van der Waals surface area (Å²) in [7, 11) is -9.92. The number of aliphatic hydroxyl groups is 1. The van der Waals surface area contributed by atoms with E-state index in [1.807, 2.05) is 0 Å². The molecule has 0 aromatic carbocycles. The van der Waals surface area contributed by atoms with Gasteiger partial charge in [0.15, 0.2) is 12.2 Å². The first kappa shape index (κ1) is 98.1. The van der Waals surface area contributed by atoms with E-state index in [1.54, 1.807) is 0 Å². The first-order chi connectivity index (χ1) is 48.2. The van der Waals surface area contributed by atoms with Crippen molar-refractivity contribution in [1.29, 1.82) is 0 Å². The monoisotopic (exact) mass is 1470 g/mol. The highest BCUT2D eigenvalue weighted by Crippen LogP contribution is 2.45. The number of carbonyl (C=O) groups is 4. The number of hydrogen-bond donors (Lipinski definition) is 3. The fourth-order valence-electron chi connectivity index (χ4n) is 12.4. The second-order valence-corrected chi connectivity index (χ2v) is 33.5. The lowest BCUT2D eigenvalue weighted by atomic mass is 9.99. The number of phosphoric ester groups is 2. The van der Waals surface area contributed by atoms with Gasteiger partial charge in [0.1, 0.15) is 19.3 Å². The van der Waals surface area contributed by atoms with Gasteiger partial charge in [-0.15, -0.1) is 0 Å². The summed E-state index contributed by atoms with van der Waals surface area (Å²) in [5, 5.41) is 10.6. The van der Waals surface area contributed by atoms with E-state index >= 15 is 0 Å². The first-order valence-corrected chi connectivity index (χ1v) is 44.8. The van der Waals surface area contributed by atoms with Crippen molar-refractivity contribution < 1.29 is 80.2 Å². The highest BCUT2D eigenvalue weighted by atomic mass is 31.2. The van der Waals surface area contributed by atoms with Gasteiger partial charge in [0, 0.05) is 25.7 Å². The Morgan fingerprint density at radius 2 is 0.480 bits per heavy atom. The van der Waals surface area contributed by atoms with Gasteiger partial charge in [-0.25, -0.2) is 9.13 Å². The molecule has 0 aromatic heterocycles. The molecule has 0 saturated heterocycles. The van der Waals surface area contributed by atoms with Crippen molar-refractivity contribution in [3.05, 3.63) is 0 Å². The maximum Gasteiger partial charge on any atom is 0.472 e. The molecular formula is C81H158O17P2. The summed E-state index contributed by atoms with van der Waals surface area (Å²) in [6.07, 6.45) is 57.1. The van der Waals surface area contributed by atoms with Crippen LogP contribution in [0.15, 0.2) is 0 Å². The van der Waals surface area contributed by atoms with Crippen LogP contribution >= 0.6 is 15.6 Å². The Balaban J connectivity index is 5.16. The first-order valence-electron chi connectivity index (χ1n) is 41.8. The SMILES string of the molecule is CCC(C)CCCCCCCCCCCCCCCCC(=O)OC[C@H](COP(=O)(O)OCC(O)COP(=O)(O)OC[C@@H](COC(=O)CCCCCCCCC(C)C)OC(=O)CCCCCCCCCCCCCCCCCCCCC(C)C)OC(=O)CCCCCCCCCCC(C)CC. The second kappa shape index (κ2) is 70.1. The second-order valence-electron chi connectivity index (χ2n) is 30.6. The molecule has 19 heteroatoms. The predicted molar refractivity (Wildman–Crippen MR) is 409 cm³/mol. The average Bonchev–Trinajstić information content (AvgIpc) is 0.993. The fraction of sp³-hybridized carbons (Fsp3) is 0.951. The van der Waals surface area contributed by atoms with Crippen LogP contribution in [0.1, 0.15) is 415 Å². The van der Waals surface area contributed by atoms with E-state index in [9.17, 15) is 43.2 Å². The molecule has 0 radical (unpaired) electrons. The minimum Gasteiger partial charge on any atom is -0.462 e. The highest BCUT2D eigenvalue weighted by Gasteiger charge is 2.30. The van der Waals surface area contributed by atoms with Gasteiger partial charge < -0.3 is 33.8 Å². The Labute approximate surface area is 613 Å². The van der Waals surface area contributed by atoms with Gasteiger partial charge in [0.05, 0.1) is 26.4 Å². The molecule has 0 spiro atoms. The molecule has 0 amide bonds. The Morgan fingerprint density at radius 3 is 0.710 bits per heavy atom. The van der Waals surface area contributed by atoms with E-state index in [-0.39, 0.29) is 25.7 Å². The largest absolute Gasteiger partial charge is 0.472 e. The summed E-state index contributed by atoms with van der Waals surface area (Å²) >= 11 is 0. The van der Waals surface area contributed by atoms with Crippen molar-refractivity contribution in [2.45, 2.75) is 433 Å². The molecule has 594 valence electrons. The Morgan fingerprint density at radius 1 is 0.280 bits per heavy atom. The molecule has 5 unspecified atom stereocenters. The van der Waals surface area contributed by atoms with Gasteiger partial charge in [0.2, 0.25) is 0 Å². The normalized spacial score (nSPS) is 14.6. The molecule has 100 heavy (non-hydrogen) atoms. The van der Waals surface area contributed by atoms with Crippen LogP contribution in [0.5, 0.6) is 0 Å². The zero-order valence-electron chi connectivity index (χ0n) is 65.8. The topological polar surface area (TPSA) is 237 Å². The summed E-state index contributed by atoms with van der Waals surface area (Å²) in [5.74, 6) is 1.00. The van der Waals surface area contributed by atoms with Gasteiger partial charge in [-0.3, -0.25) is 37.3 Å². The lowest BCUT2D eigenvalue weighted by Gasteiger charge is -2.21. The number of ether oxygens (including phenoxy) is 4. The van der Waals surface area contributed by atoms with Crippen LogP contribution in [-0.2, 0) is 65.4 Å². The minimum absolute atomic E-state index is 0.105. The molecule has 0 aliphatic heterocycles. The number of phosphoric acid groups is 2. The Bertz CT molecular complexity index is 1960. The lowest BCUT2D eigenvalue weighted by molar-refractivity contribution is -0.161. The van der Waals surface area contributed by atoms with Crippen LogP contribution < -0.4 is 0 Å². The number of rotatable bonds is 78. The molecule has 17 nitrogen and oxygen atoms in total. The van der Waals surface area contributed by atoms with E-state index in [0.717, 1.165) is 114 Å². The van der Waals surface area contributed by atoms with Gasteiger partial charge in [-0.2, -0.15) is 0 Å². The number of hydrogen-bond acceptors (Lipinski definition) is 15. The summed E-state index contributed by atoms with van der Waals surface area (Å²) in [6, 6.07) is 0. The number of carbonyl (C=O) groups excluding carboxylic acids is 4. The van der Waals surface area contributed by atoms with Gasteiger partial charge >= 0.3 is 39.5 Å². The van der Waals surface area contributed by atoms with Crippen molar-refractivity contribution >= 4 is 39.5 Å². The van der Waals surface area contributed by atoms with E-state index < -0.39 is 97.5 Å². The standard InChI is InChI=1S/C81H158O17P2/c1-9-73(7)59-51-43-34-28-24-20-17-18-21-25-29-36-45-53-61-78(83)91-67-76(98-81(86)64-56-48-38-32-31-35-44-52-60-74(8)10-2)69-95-99(87,88)93-65-75(82)66-94-100(89,90)96-70-77(68-92-79(84)62-54-46-40-39-42-50-58-72(5)6)97-80(85)63-55-47-37-30-26-22-16-14-12-11-13-15-19-23-27-33-41-49-57-71(3)4/h71-77,82H,9-70H2,1-8H3,(H,87,88)(H,89,90)/t73?,74?,75?,76-,77-/m1/s1. The third kappa shape index (κ3) is 71.7. The van der Waals surface area contributed by atoms with E-state index in [4.69, 9.17) is 37.0 Å². The smallest absolute Gasteiger partial charge is 0.462 e. The van der Waals surface area contributed by atoms with Gasteiger partial charge in [0.25, 0.3) is 0 Å². The molecule has 0 aliphatic rings. The van der Waals surface area contributed by atoms with Crippen molar-refractivity contribution in [2.75, 3.05) is 39.6 Å². The third-order valence-electron chi connectivity index (χ3n) is 19.5. The van der Waals surface area contributed by atoms with Crippen LogP contribution in [0.25, 0.3) is 0 Å². The maximum atomic E-state index is 13.1. The molecular weight excluding hydrogens is 1310 g/mol. The number of aliphatic hydroxyl groups excluding tert-OH is 1. The molecule has 0 rings (SSSR count). The predicted octanol–water partition coefficient (Wildman–Crippen LogP) is 24.0. The Kier molecular flexibility index (Phi) is 68.7. The Hall–Kier alpha value is -1.94. The number of unbranched alkanes of at least 4 members (excludes halogenated alkanes) is 42. The highest BCUT2D eigenvalue weighted by molar-refractivity contribution is 7.47.